The molecule has 0 N–H and O–H groups in total. The van der Waals surface area contributed by atoms with Crippen molar-refractivity contribution in [1.82, 2.24) is 4.31 Å². The maximum absolute atomic E-state index is 12.4. The largest absolute Gasteiger partial charge is 0.243 e. The second-order valence-corrected chi connectivity index (χ2v) is 7.26. The molecule has 6 heteroatoms. The molecule has 0 aromatic heterocycles. The maximum Gasteiger partial charge on any atom is 0.243 e. The van der Waals surface area contributed by atoms with Crippen LogP contribution in [0.5, 0.6) is 0 Å². The smallest absolute Gasteiger partial charge is 0.207 e. The number of rotatable bonds is 4. The van der Waals surface area contributed by atoms with Gasteiger partial charge in [-0.05, 0) is 43.9 Å². The molecule has 1 aromatic carbocycles. The van der Waals surface area contributed by atoms with Crippen LogP contribution in [0.2, 0.25) is 5.02 Å². The first-order chi connectivity index (χ1) is 8.87. The van der Waals surface area contributed by atoms with E-state index >= 15 is 0 Å². The van der Waals surface area contributed by atoms with Gasteiger partial charge in [-0.25, -0.2) is 8.42 Å². The molecule has 0 radical (unpaired) electrons. The summed E-state index contributed by atoms with van der Waals surface area (Å²) in [5.41, 5.74) is 0.276. The van der Waals surface area contributed by atoms with Gasteiger partial charge in [-0.2, -0.15) is 9.57 Å². The molecule has 0 saturated heterocycles. The molecule has 0 aliphatic heterocycles. The van der Waals surface area contributed by atoms with Crippen LogP contribution in [0, 0.1) is 17.2 Å². The lowest BCUT2D eigenvalue weighted by molar-refractivity contribution is 0.357. The van der Waals surface area contributed by atoms with Gasteiger partial charge < -0.3 is 0 Å². The SMILES string of the molecule is C[C@@H](C1CC1)N(C)S(=O)(=O)c1ccc(C#N)c(Cl)c1. The zero-order chi connectivity index (χ0) is 14.2. The minimum atomic E-state index is -3.55. The summed E-state index contributed by atoms with van der Waals surface area (Å²) in [6.07, 6.45) is 2.16. The monoisotopic (exact) mass is 298 g/mol. The van der Waals surface area contributed by atoms with Gasteiger partial charge in [-0.1, -0.05) is 11.6 Å². The van der Waals surface area contributed by atoms with Crippen LogP contribution in [0.15, 0.2) is 23.1 Å². The van der Waals surface area contributed by atoms with Gasteiger partial charge in [0.15, 0.2) is 0 Å². The predicted molar refractivity (Wildman–Crippen MR) is 73.3 cm³/mol. The van der Waals surface area contributed by atoms with Gasteiger partial charge in [0, 0.05) is 13.1 Å². The fourth-order valence-corrected chi connectivity index (χ4v) is 3.74. The van der Waals surface area contributed by atoms with Gasteiger partial charge in [0.25, 0.3) is 0 Å². The Morgan fingerprint density at radius 2 is 2.11 bits per heavy atom. The number of sulfonamides is 1. The van der Waals surface area contributed by atoms with E-state index in [1.165, 1.54) is 22.5 Å². The number of halogens is 1. The predicted octanol–water partition coefficient (Wildman–Crippen LogP) is 2.63. The molecule has 0 heterocycles. The van der Waals surface area contributed by atoms with E-state index in [2.05, 4.69) is 0 Å². The minimum Gasteiger partial charge on any atom is -0.207 e. The fourth-order valence-electron chi connectivity index (χ4n) is 2.01. The molecule has 2 rings (SSSR count). The van der Waals surface area contributed by atoms with E-state index in [0.717, 1.165) is 12.8 Å². The van der Waals surface area contributed by atoms with Crippen LogP contribution in [-0.2, 0) is 10.0 Å². The van der Waals surface area contributed by atoms with Crippen molar-refractivity contribution in [2.75, 3.05) is 7.05 Å². The van der Waals surface area contributed by atoms with Crippen molar-refractivity contribution >= 4 is 21.6 Å². The summed E-state index contributed by atoms with van der Waals surface area (Å²) in [6, 6.07) is 6.10. The standard InChI is InChI=1S/C13H15ClN2O2S/c1-9(10-3-4-10)16(2)19(17,18)12-6-5-11(8-15)13(14)7-12/h5-7,9-10H,3-4H2,1-2H3/t9-/m0/s1. The van der Waals surface area contributed by atoms with Crippen LogP contribution in [0.3, 0.4) is 0 Å². The molecule has 4 nitrogen and oxygen atoms in total. The van der Waals surface area contributed by atoms with E-state index in [9.17, 15) is 8.42 Å². The van der Waals surface area contributed by atoms with Crippen LogP contribution in [-0.4, -0.2) is 25.8 Å². The Hall–Kier alpha value is -1.09. The zero-order valence-corrected chi connectivity index (χ0v) is 12.4. The second kappa shape index (κ2) is 5.12. The van der Waals surface area contributed by atoms with E-state index in [4.69, 9.17) is 16.9 Å². The Balaban J connectivity index is 2.33. The molecule has 0 unspecified atom stereocenters. The van der Waals surface area contributed by atoms with Gasteiger partial charge in [0.1, 0.15) is 6.07 Å². The molecule has 0 spiro atoms. The van der Waals surface area contributed by atoms with Gasteiger partial charge in [-0.3, -0.25) is 0 Å². The lowest BCUT2D eigenvalue weighted by Crippen LogP contribution is -2.36. The zero-order valence-electron chi connectivity index (χ0n) is 10.8. The van der Waals surface area contributed by atoms with Crippen LogP contribution in [0.1, 0.15) is 25.3 Å². The van der Waals surface area contributed by atoms with Gasteiger partial charge in [0.05, 0.1) is 15.5 Å². The summed E-state index contributed by atoms with van der Waals surface area (Å²) in [5, 5.41) is 8.96. The first kappa shape index (κ1) is 14.3. The third-order valence-electron chi connectivity index (χ3n) is 3.62. The summed E-state index contributed by atoms with van der Waals surface area (Å²) in [7, 11) is -1.96. The van der Waals surface area contributed by atoms with Gasteiger partial charge >= 0.3 is 0 Å². The van der Waals surface area contributed by atoms with Crippen molar-refractivity contribution < 1.29 is 8.42 Å². The number of hydrogen-bond donors (Lipinski definition) is 0. The summed E-state index contributed by atoms with van der Waals surface area (Å²) in [6.45, 7) is 1.92. The number of benzene rings is 1. The topological polar surface area (TPSA) is 61.2 Å². The highest BCUT2D eigenvalue weighted by Crippen LogP contribution is 2.36. The second-order valence-electron chi connectivity index (χ2n) is 4.85. The van der Waals surface area contributed by atoms with E-state index < -0.39 is 10.0 Å². The molecule has 19 heavy (non-hydrogen) atoms. The lowest BCUT2D eigenvalue weighted by Gasteiger charge is -2.24. The third kappa shape index (κ3) is 2.76. The van der Waals surface area contributed by atoms with Gasteiger partial charge in [0.2, 0.25) is 10.0 Å². The van der Waals surface area contributed by atoms with Crippen LogP contribution in [0.25, 0.3) is 0 Å². The van der Waals surface area contributed by atoms with Crippen molar-refractivity contribution in [3.63, 3.8) is 0 Å². The molecule has 1 saturated carbocycles. The first-order valence-electron chi connectivity index (χ1n) is 6.05. The van der Waals surface area contributed by atoms with Crippen molar-refractivity contribution in [2.45, 2.75) is 30.7 Å². The van der Waals surface area contributed by atoms with Crippen molar-refractivity contribution in [3.05, 3.63) is 28.8 Å². The molecule has 1 atom stereocenters. The molecular formula is C13H15ClN2O2S. The molecule has 1 aliphatic rings. The number of hydrogen-bond acceptors (Lipinski definition) is 3. The molecule has 0 bridgehead atoms. The third-order valence-corrected chi connectivity index (χ3v) is 5.87. The van der Waals surface area contributed by atoms with Gasteiger partial charge in [-0.15, -0.1) is 0 Å². The summed E-state index contributed by atoms with van der Waals surface area (Å²) in [5.74, 6) is 0.452. The van der Waals surface area contributed by atoms with Crippen molar-refractivity contribution in [3.8, 4) is 6.07 Å². The van der Waals surface area contributed by atoms with E-state index in [1.54, 1.807) is 7.05 Å². The lowest BCUT2D eigenvalue weighted by atomic mass is 10.2. The fraction of sp³-hybridized carbons (Fsp3) is 0.462. The summed E-state index contributed by atoms with van der Waals surface area (Å²) < 4.78 is 26.3. The Kier molecular flexibility index (Phi) is 3.86. The highest BCUT2D eigenvalue weighted by Gasteiger charge is 2.36. The Labute approximate surface area is 118 Å². The maximum atomic E-state index is 12.4. The quantitative estimate of drug-likeness (QED) is 0.858. The minimum absolute atomic E-state index is 0.0144. The highest BCUT2D eigenvalue weighted by molar-refractivity contribution is 7.89. The molecule has 1 fully saturated rings. The van der Waals surface area contributed by atoms with Crippen molar-refractivity contribution in [1.29, 1.82) is 5.26 Å². The molecule has 0 amide bonds. The number of nitriles is 1. The normalized spacial score (nSPS) is 17.2. The average Bonchev–Trinajstić information content (AvgIpc) is 3.21. The van der Waals surface area contributed by atoms with E-state index in [-0.39, 0.29) is 21.5 Å². The average molecular weight is 299 g/mol. The first-order valence-corrected chi connectivity index (χ1v) is 7.87. The molecule has 1 aromatic rings. The highest BCUT2D eigenvalue weighted by atomic mass is 35.5. The van der Waals surface area contributed by atoms with Crippen molar-refractivity contribution in [2.24, 2.45) is 5.92 Å². The Morgan fingerprint density at radius 1 is 1.47 bits per heavy atom. The summed E-state index contributed by atoms with van der Waals surface area (Å²) >= 11 is 5.89. The van der Waals surface area contributed by atoms with Crippen LogP contribution >= 0.6 is 11.6 Å². The van der Waals surface area contributed by atoms with E-state index in [1.807, 2.05) is 13.0 Å². The van der Waals surface area contributed by atoms with Crippen LogP contribution in [0.4, 0.5) is 0 Å². The Bertz CT molecular complexity index is 633. The number of nitrogens with zero attached hydrogens (tertiary/aromatic N) is 2. The van der Waals surface area contributed by atoms with Crippen LogP contribution < -0.4 is 0 Å². The molecule has 102 valence electrons. The molecule has 1 aliphatic carbocycles. The summed E-state index contributed by atoms with van der Waals surface area (Å²) in [4.78, 5) is 0.131. The van der Waals surface area contributed by atoms with E-state index in [0.29, 0.717) is 5.92 Å². The Morgan fingerprint density at radius 3 is 2.58 bits per heavy atom. The molecular weight excluding hydrogens is 284 g/mol.